The number of ether oxygens (including phenoxy) is 1. The van der Waals surface area contributed by atoms with Crippen LogP contribution in [0.25, 0.3) is 21.2 Å². The van der Waals surface area contributed by atoms with Gasteiger partial charge in [0.15, 0.2) is 0 Å². The highest BCUT2D eigenvalue weighted by Crippen LogP contribution is 2.40. The highest BCUT2D eigenvalue weighted by Gasteiger charge is 2.32. The topological polar surface area (TPSA) is 102 Å². The molecule has 4 aromatic rings. The lowest BCUT2D eigenvalue weighted by Gasteiger charge is -2.37. The van der Waals surface area contributed by atoms with Crippen molar-refractivity contribution >= 4 is 49.0 Å². The van der Waals surface area contributed by atoms with Crippen LogP contribution < -0.4 is 15.2 Å². The summed E-state index contributed by atoms with van der Waals surface area (Å²) in [7, 11) is -0.180. The molecular weight excluding hydrogens is 578 g/mol. The van der Waals surface area contributed by atoms with E-state index in [1.54, 1.807) is 19.2 Å². The molecule has 1 heterocycles. The maximum Gasteiger partial charge on any atom is 0.266 e. The van der Waals surface area contributed by atoms with E-state index < -0.39 is 10.0 Å². The van der Waals surface area contributed by atoms with Crippen molar-refractivity contribution in [2.24, 2.45) is 5.14 Å². The van der Waals surface area contributed by atoms with Crippen LogP contribution >= 0.6 is 22.9 Å². The first-order chi connectivity index (χ1) is 19.6. The van der Waals surface area contributed by atoms with E-state index in [1.807, 2.05) is 55.3 Å². The number of halogens is 1. The zero-order valence-electron chi connectivity index (χ0n) is 23.3. The number of sulfonamides is 1. The second-order valence-corrected chi connectivity index (χ2v) is 13.5. The molecule has 10 heteroatoms. The molecule has 0 spiro atoms. The van der Waals surface area contributed by atoms with Crippen LogP contribution in [-0.2, 0) is 16.6 Å². The van der Waals surface area contributed by atoms with Gasteiger partial charge in [0, 0.05) is 34.3 Å². The van der Waals surface area contributed by atoms with Crippen molar-refractivity contribution in [2.75, 3.05) is 14.2 Å². The number of nitrogens with one attached hydrogen (secondary N) is 1. The molecule has 1 aromatic heterocycles. The molecular formula is C31H34ClN3O4S2. The van der Waals surface area contributed by atoms with Gasteiger partial charge in [-0.3, -0.25) is 4.79 Å². The molecule has 0 unspecified atom stereocenters. The SMILES string of the molecule is CNC1CCC(N(Cc2cc(-c3ccc(S(N)(=O)=O)cc3)ccc2OC)C(=O)c2sc3cccc(C)c3c2Cl)CC1. The fourth-order valence-corrected chi connectivity index (χ4v) is 7.84. The quantitative estimate of drug-likeness (QED) is 0.241. The van der Waals surface area contributed by atoms with Gasteiger partial charge >= 0.3 is 0 Å². The first-order valence-electron chi connectivity index (χ1n) is 13.6. The summed E-state index contributed by atoms with van der Waals surface area (Å²) in [6, 6.07) is 18.8. The number of hydrogen-bond acceptors (Lipinski definition) is 6. The van der Waals surface area contributed by atoms with Crippen molar-refractivity contribution in [3.8, 4) is 16.9 Å². The molecule has 0 bridgehead atoms. The summed E-state index contributed by atoms with van der Waals surface area (Å²) >= 11 is 8.32. The number of hydrogen-bond donors (Lipinski definition) is 2. The van der Waals surface area contributed by atoms with E-state index in [9.17, 15) is 13.2 Å². The van der Waals surface area contributed by atoms with Gasteiger partial charge in [-0.15, -0.1) is 11.3 Å². The van der Waals surface area contributed by atoms with Crippen molar-refractivity contribution in [1.29, 1.82) is 0 Å². The third-order valence-electron chi connectivity index (χ3n) is 8.00. The highest BCUT2D eigenvalue weighted by atomic mass is 35.5. The van der Waals surface area contributed by atoms with E-state index >= 15 is 0 Å². The average Bonchev–Trinajstić information content (AvgIpc) is 3.32. The van der Waals surface area contributed by atoms with Gasteiger partial charge < -0.3 is 15.0 Å². The first kappa shape index (κ1) is 29.5. The number of benzene rings is 3. The Morgan fingerprint density at radius 2 is 1.76 bits per heavy atom. The number of aryl methyl sites for hydroxylation is 1. The Morgan fingerprint density at radius 3 is 2.37 bits per heavy atom. The molecule has 1 saturated carbocycles. The molecule has 0 atom stereocenters. The zero-order chi connectivity index (χ0) is 29.3. The van der Waals surface area contributed by atoms with Crippen LogP contribution in [0.5, 0.6) is 5.75 Å². The summed E-state index contributed by atoms with van der Waals surface area (Å²) in [6.07, 6.45) is 3.74. The molecule has 0 aliphatic heterocycles. The van der Waals surface area contributed by atoms with Gasteiger partial charge in [0.25, 0.3) is 5.91 Å². The van der Waals surface area contributed by atoms with Crippen LogP contribution in [0.2, 0.25) is 5.02 Å². The number of primary sulfonamides is 1. The number of carbonyl (C=O) groups excluding carboxylic acids is 1. The van der Waals surface area contributed by atoms with Gasteiger partial charge in [0.1, 0.15) is 10.6 Å². The van der Waals surface area contributed by atoms with E-state index in [0.29, 0.717) is 28.2 Å². The molecule has 3 N–H and O–H groups in total. The smallest absolute Gasteiger partial charge is 0.266 e. The third-order valence-corrected chi connectivity index (χ3v) is 10.6. The van der Waals surface area contributed by atoms with Crippen LogP contribution in [-0.4, -0.2) is 45.5 Å². The molecule has 1 amide bonds. The van der Waals surface area contributed by atoms with Crippen LogP contribution in [0, 0.1) is 6.92 Å². The monoisotopic (exact) mass is 611 g/mol. The lowest BCUT2D eigenvalue weighted by atomic mass is 9.89. The number of nitrogens with zero attached hydrogens (tertiary/aromatic N) is 1. The van der Waals surface area contributed by atoms with Crippen molar-refractivity contribution in [3.05, 3.63) is 81.7 Å². The minimum Gasteiger partial charge on any atom is -0.496 e. The number of nitrogens with two attached hydrogens (primary N) is 1. The Kier molecular flexibility index (Phi) is 8.73. The fraction of sp³-hybridized carbons (Fsp3) is 0.323. The van der Waals surface area contributed by atoms with Crippen LogP contribution in [0.3, 0.4) is 0 Å². The highest BCUT2D eigenvalue weighted by molar-refractivity contribution is 7.89. The summed E-state index contributed by atoms with van der Waals surface area (Å²) in [4.78, 5) is 16.9. The maximum atomic E-state index is 14.3. The molecule has 0 saturated heterocycles. The lowest BCUT2D eigenvalue weighted by Crippen LogP contribution is -2.44. The third kappa shape index (κ3) is 6.15. The Balaban J connectivity index is 1.53. The molecule has 0 radical (unpaired) electrons. The number of fused-ring (bicyclic) bond motifs is 1. The molecule has 1 aliphatic rings. The number of rotatable bonds is 8. The van der Waals surface area contributed by atoms with Crippen LogP contribution in [0.1, 0.15) is 46.5 Å². The molecule has 1 fully saturated rings. The second-order valence-electron chi connectivity index (χ2n) is 10.5. The van der Waals surface area contributed by atoms with Crippen LogP contribution in [0.4, 0.5) is 0 Å². The summed E-state index contributed by atoms with van der Waals surface area (Å²) < 4.78 is 30.2. The van der Waals surface area contributed by atoms with E-state index in [-0.39, 0.29) is 16.8 Å². The minimum atomic E-state index is -3.79. The van der Waals surface area contributed by atoms with Crippen molar-refractivity contribution in [3.63, 3.8) is 0 Å². The average molecular weight is 612 g/mol. The normalized spacial score (nSPS) is 17.5. The molecule has 7 nitrogen and oxygen atoms in total. The molecule has 3 aromatic carbocycles. The minimum absolute atomic E-state index is 0.0527. The molecule has 41 heavy (non-hydrogen) atoms. The van der Waals surface area contributed by atoms with Gasteiger partial charge in [-0.25, -0.2) is 13.6 Å². The van der Waals surface area contributed by atoms with Gasteiger partial charge in [0.05, 0.1) is 17.0 Å². The zero-order valence-corrected chi connectivity index (χ0v) is 25.7. The number of thiophene rings is 1. The Bertz CT molecular complexity index is 1680. The van der Waals surface area contributed by atoms with E-state index in [0.717, 1.165) is 58.0 Å². The molecule has 1 aliphatic carbocycles. The number of carbonyl (C=O) groups is 1. The second kappa shape index (κ2) is 12.1. The van der Waals surface area contributed by atoms with Gasteiger partial charge in [-0.05, 0) is 86.7 Å². The van der Waals surface area contributed by atoms with E-state index in [4.69, 9.17) is 21.5 Å². The fourth-order valence-electron chi connectivity index (χ4n) is 5.69. The van der Waals surface area contributed by atoms with Crippen molar-refractivity contribution < 1.29 is 17.9 Å². The Labute approximate surface area is 250 Å². The summed E-state index contributed by atoms with van der Waals surface area (Å²) in [5.74, 6) is 0.600. The summed E-state index contributed by atoms with van der Waals surface area (Å²) in [5.41, 5.74) is 3.62. The van der Waals surface area contributed by atoms with E-state index in [1.165, 1.54) is 23.5 Å². The Morgan fingerprint density at radius 1 is 1.07 bits per heavy atom. The number of methoxy groups -OCH3 is 1. The summed E-state index contributed by atoms with van der Waals surface area (Å²) in [5, 5.41) is 10.1. The van der Waals surface area contributed by atoms with E-state index in [2.05, 4.69) is 5.32 Å². The first-order valence-corrected chi connectivity index (χ1v) is 16.3. The largest absolute Gasteiger partial charge is 0.496 e. The summed E-state index contributed by atoms with van der Waals surface area (Å²) in [6.45, 7) is 2.36. The van der Waals surface area contributed by atoms with Crippen molar-refractivity contribution in [2.45, 2.75) is 56.1 Å². The Hall–Kier alpha value is -2.95. The number of amides is 1. The standard InChI is InChI=1S/C31H34ClN3O4S2/c1-19-5-4-6-27-28(19)29(32)30(40-27)31(36)35(24-12-10-23(34-2)11-13-24)18-22-17-21(9-16-26(22)39-3)20-7-14-25(15-8-20)41(33,37)38/h4-9,14-17,23-24,34H,10-13,18H2,1-3H3,(H2,33,37,38). The predicted molar refractivity (Wildman–Crippen MR) is 166 cm³/mol. The van der Waals surface area contributed by atoms with Gasteiger partial charge in [0.2, 0.25) is 10.0 Å². The maximum absolute atomic E-state index is 14.3. The lowest BCUT2D eigenvalue weighted by molar-refractivity contribution is 0.0604. The van der Waals surface area contributed by atoms with Gasteiger partial charge in [-0.1, -0.05) is 41.9 Å². The van der Waals surface area contributed by atoms with Gasteiger partial charge in [-0.2, -0.15) is 0 Å². The van der Waals surface area contributed by atoms with Crippen LogP contribution in [0.15, 0.2) is 65.6 Å². The van der Waals surface area contributed by atoms with Crippen molar-refractivity contribution in [1.82, 2.24) is 10.2 Å². The molecule has 216 valence electrons. The molecule has 5 rings (SSSR count). The predicted octanol–water partition coefficient (Wildman–Crippen LogP) is 6.36.